The zero-order valence-electron chi connectivity index (χ0n) is 21.5. The third kappa shape index (κ3) is 4.25. The zero-order chi connectivity index (χ0) is 24.8. The summed E-state index contributed by atoms with van der Waals surface area (Å²) in [5, 5.41) is 12.0. The third-order valence-electron chi connectivity index (χ3n) is 8.38. The number of piperidine rings is 2. The number of carbonyl (C=O) groups excluding carboxylic acids is 1. The largest absolute Gasteiger partial charge is 0.444 e. The number of alkyl carbamates (subject to hydrolysis) is 1. The van der Waals surface area contributed by atoms with E-state index in [4.69, 9.17) is 10.5 Å². The average molecular weight is 481 g/mol. The highest BCUT2D eigenvalue weighted by atomic mass is 16.6. The molecule has 0 bridgehead atoms. The summed E-state index contributed by atoms with van der Waals surface area (Å²) in [4.78, 5) is 15.3. The summed E-state index contributed by atoms with van der Waals surface area (Å²) in [5.41, 5.74) is 6.74. The average Bonchev–Trinajstić information content (AvgIpc) is 3.12. The van der Waals surface area contributed by atoms with E-state index in [2.05, 4.69) is 44.0 Å². The van der Waals surface area contributed by atoms with Crippen LogP contribution >= 0.6 is 0 Å². The zero-order valence-corrected chi connectivity index (χ0v) is 21.5. The number of likely N-dealkylation sites (tertiary alicyclic amines) is 1. The quantitative estimate of drug-likeness (QED) is 0.565. The Morgan fingerprint density at radius 2 is 2.00 bits per heavy atom. The minimum atomic E-state index is -0.515. The highest BCUT2D eigenvalue weighted by Crippen LogP contribution is 2.72. The molecule has 1 aromatic heterocycles. The van der Waals surface area contributed by atoms with Crippen LogP contribution in [0.4, 0.5) is 4.79 Å². The van der Waals surface area contributed by atoms with Gasteiger partial charge in [0.15, 0.2) is 0 Å². The molecule has 1 aliphatic heterocycles. The van der Waals surface area contributed by atoms with Crippen molar-refractivity contribution in [2.24, 2.45) is 11.1 Å². The first-order valence-electron chi connectivity index (χ1n) is 13.2. The second kappa shape index (κ2) is 9.21. The Morgan fingerprint density at radius 3 is 2.63 bits per heavy atom. The van der Waals surface area contributed by atoms with Gasteiger partial charge in [0.25, 0.3) is 0 Å². The van der Waals surface area contributed by atoms with Gasteiger partial charge in [0.1, 0.15) is 17.2 Å². The molecule has 190 valence electrons. The van der Waals surface area contributed by atoms with Gasteiger partial charge in [0.2, 0.25) is 0 Å². The molecule has 3 N–H and O–H groups in total. The Morgan fingerprint density at radius 1 is 1.23 bits per heavy atom. The van der Waals surface area contributed by atoms with Gasteiger partial charge in [-0.2, -0.15) is 0 Å². The van der Waals surface area contributed by atoms with E-state index in [9.17, 15) is 4.79 Å². The number of ether oxygens (including phenoxy) is 1. The van der Waals surface area contributed by atoms with E-state index >= 15 is 0 Å². The fourth-order valence-electron chi connectivity index (χ4n) is 6.79. The van der Waals surface area contributed by atoms with Gasteiger partial charge in [-0.1, -0.05) is 30.3 Å². The Hall–Kier alpha value is -2.45. The molecule has 2 heterocycles. The van der Waals surface area contributed by atoms with Gasteiger partial charge in [-0.05, 0) is 71.9 Å². The third-order valence-corrected chi connectivity index (χ3v) is 8.38. The molecule has 0 radical (unpaired) electrons. The molecule has 1 saturated heterocycles. The summed E-state index contributed by atoms with van der Waals surface area (Å²) in [5.74, 6) is 2.13. The Balaban J connectivity index is 1.24. The molecule has 3 aliphatic rings. The van der Waals surface area contributed by atoms with E-state index in [1.807, 2.05) is 39.0 Å². The topological polar surface area (TPSA) is 98.3 Å². The van der Waals surface area contributed by atoms with Gasteiger partial charge in [-0.15, -0.1) is 10.2 Å². The van der Waals surface area contributed by atoms with Crippen LogP contribution in [-0.4, -0.2) is 56.5 Å². The van der Waals surface area contributed by atoms with Gasteiger partial charge >= 0.3 is 6.09 Å². The second-order valence-corrected chi connectivity index (χ2v) is 11.5. The lowest BCUT2D eigenvalue weighted by molar-refractivity contribution is -0.295. The molecule has 4 unspecified atom stereocenters. The fourth-order valence-corrected chi connectivity index (χ4v) is 6.79. The second-order valence-electron chi connectivity index (χ2n) is 11.5. The van der Waals surface area contributed by atoms with Crippen molar-refractivity contribution in [3.8, 4) is 0 Å². The number of aryl methyl sites for hydroxylation is 2. The molecule has 2 saturated carbocycles. The maximum absolute atomic E-state index is 12.6. The number of nitrogens with two attached hydrogens (primary N) is 1. The number of benzene rings is 1. The van der Waals surface area contributed by atoms with Crippen LogP contribution in [-0.2, 0) is 11.2 Å². The molecule has 5 atom stereocenters. The molecule has 1 amide bonds. The number of hydrogen-bond acceptors (Lipinski definition) is 6. The van der Waals surface area contributed by atoms with Crippen molar-refractivity contribution >= 4 is 6.09 Å². The summed E-state index contributed by atoms with van der Waals surface area (Å²) >= 11 is 0. The van der Waals surface area contributed by atoms with E-state index in [1.54, 1.807) is 0 Å². The van der Waals surface area contributed by atoms with Crippen LogP contribution in [0, 0.1) is 12.3 Å². The number of aromatic nitrogens is 3. The van der Waals surface area contributed by atoms with E-state index in [1.165, 1.54) is 12.8 Å². The van der Waals surface area contributed by atoms with Crippen LogP contribution in [0.15, 0.2) is 30.3 Å². The molecule has 8 heteroatoms. The van der Waals surface area contributed by atoms with Gasteiger partial charge in [0, 0.05) is 36.5 Å². The van der Waals surface area contributed by atoms with Crippen molar-refractivity contribution in [2.45, 2.75) is 96.0 Å². The molecule has 3 fully saturated rings. The number of nitrogens with one attached hydrogen (secondary N) is 1. The highest BCUT2D eigenvalue weighted by Gasteiger charge is 2.75. The van der Waals surface area contributed by atoms with Crippen molar-refractivity contribution < 1.29 is 9.53 Å². The molecule has 1 spiro atoms. The lowest BCUT2D eigenvalue weighted by atomic mass is 9.40. The van der Waals surface area contributed by atoms with E-state index in [0.717, 1.165) is 49.4 Å². The maximum atomic E-state index is 12.6. The normalized spacial score (nSPS) is 28.1. The number of rotatable bonds is 9. The van der Waals surface area contributed by atoms with Crippen molar-refractivity contribution in [3.63, 3.8) is 0 Å². The van der Waals surface area contributed by atoms with Crippen LogP contribution in [0.1, 0.15) is 82.2 Å². The van der Waals surface area contributed by atoms with Crippen molar-refractivity contribution in [1.82, 2.24) is 25.0 Å². The molecular formula is C27H40N6O2. The minimum Gasteiger partial charge on any atom is -0.444 e. The standard InChI is InChI=1S/C27H40N6O2/c1-18-30-31-24(11-8-15-28)33(18)23-17-22-27(23)14-12-21(27)32(22)16-13-20(19-9-6-5-7-10-19)29-25(34)35-26(2,3)4/h5-7,9-10,20-23H,8,11-17,28H2,1-4H3,(H,29,34)/t20-,21?,22?,23?,27?/m0/s1. The van der Waals surface area contributed by atoms with E-state index in [0.29, 0.717) is 30.1 Å². The Kier molecular flexibility index (Phi) is 6.38. The number of hydrogen-bond donors (Lipinski definition) is 2. The first-order valence-corrected chi connectivity index (χ1v) is 13.2. The first kappa shape index (κ1) is 24.3. The highest BCUT2D eigenvalue weighted by molar-refractivity contribution is 5.68. The smallest absolute Gasteiger partial charge is 0.408 e. The number of carbonyl (C=O) groups is 1. The van der Waals surface area contributed by atoms with Crippen molar-refractivity contribution in [3.05, 3.63) is 47.5 Å². The van der Waals surface area contributed by atoms with Crippen LogP contribution < -0.4 is 11.1 Å². The summed E-state index contributed by atoms with van der Waals surface area (Å²) in [6, 6.07) is 11.9. The lowest BCUT2D eigenvalue weighted by Crippen LogP contribution is -2.85. The van der Waals surface area contributed by atoms with Crippen molar-refractivity contribution in [2.75, 3.05) is 13.1 Å². The first-order chi connectivity index (χ1) is 16.7. The van der Waals surface area contributed by atoms with Gasteiger partial charge in [0.05, 0.1) is 6.04 Å². The van der Waals surface area contributed by atoms with Crippen LogP contribution in [0.25, 0.3) is 0 Å². The molecule has 8 nitrogen and oxygen atoms in total. The summed E-state index contributed by atoms with van der Waals surface area (Å²) < 4.78 is 7.98. The SMILES string of the molecule is Cc1nnc(CCCN)n1C1CC2N(CC[C@H](NC(=O)OC(C)(C)C)c3ccccc3)C3CCC321. The van der Waals surface area contributed by atoms with Gasteiger partial charge < -0.3 is 20.4 Å². The molecule has 35 heavy (non-hydrogen) atoms. The van der Waals surface area contributed by atoms with E-state index < -0.39 is 5.60 Å². The maximum Gasteiger partial charge on any atom is 0.408 e. The van der Waals surface area contributed by atoms with Gasteiger partial charge in [-0.3, -0.25) is 4.90 Å². The molecule has 2 aliphatic carbocycles. The molecule has 2 aromatic rings. The molecular weight excluding hydrogens is 440 g/mol. The Bertz CT molecular complexity index is 1040. The lowest BCUT2D eigenvalue weighted by Gasteiger charge is -2.80. The fraction of sp³-hybridized carbons (Fsp3) is 0.667. The van der Waals surface area contributed by atoms with Crippen molar-refractivity contribution in [1.29, 1.82) is 0 Å². The summed E-state index contributed by atoms with van der Waals surface area (Å²) in [6.07, 6.45) is 6.05. The van der Waals surface area contributed by atoms with Gasteiger partial charge in [-0.25, -0.2) is 4.79 Å². The predicted octanol–water partition coefficient (Wildman–Crippen LogP) is 3.91. The van der Waals surface area contributed by atoms with Crippen LogP contribution in [0.2, 0.25) is 0 Å². The minimum absolute atomic E-state index is 0.0695. The molecule has 5 rings (SSSR count). The van der Waals surface area contributed by atoms with Crippen LogP contribution in [0.5, 0.6) is 0 Å². The van der Waals surface area contributed by atoms with E-state index in [-0.39, 0.29) is 12.1 Å². The number of nitrogens with zero attached hydrogens (tertiary/aromatic N) is 4. The monoisotopic (exact) mass is 480 g/mol. The predicted molar refractivity (Wildman–Crippen MR) is 135 cm³/mol. The number of amides is 1. The summed E-state index contributed by atoms with van der Waals surface area (Å²) in [7, 11) is 0. The molecule has 1 aromatic carbocycles. The Labute approximate surface area is 208 Å². The summed E-state index contributed by atoms with van der Waals surface area (Å²) in [6.45, 7) is 9.42. The van der Waals surface area contributed by atoms with Crippen LogP contribution in [0.3, 0.4) is 0 Å².